The molecule has 0 aliphatic carbocycles. The molecule has 1 fully saturated rings. The molecule has 0 atom stereocenters. The van der Waals surface area contributed by atoms with Crippen LogP contribution in [0.1, 0.15) is 40.0 Å². The van der Waals surface area contributed by atoms with Gasteiger partial charge in [0.25, 0.3) is 0 Å². The van der Waals surface area contributed by atoms with Gasteiger partial charge in [-0.05, 0) is 53.8 Å². The first-order valence-electron chi connectivity index (χ1n) is 5.51. The number of carbonyl (C=O) groups is 1. The first-order valence-corrected chi connectivity index (χ1v) is 5.51. The molecule has 1 rings (SSSR count). The monoisotopic (exact) mass is 216 g/mol. The molecule has 0 unspecified atom stereocenters. The highest BCUT2D eigenvalue weighted by Crippen LogP contribution is 2.04. The minimum Gasteiger partial charge on any atom is -0.465 e. The lowest BCUT2D eigenvalue weighted by atomic mass is 10.1. The Hall–Kier alpha value is -0.770. The van der Waals surface area contributed by atoms with Crippen LogP contribution in [0.4, 0.5) is 4.79 Å². The van der Waals surface area contributed by atoms with E-state index in [0.717, 1.165) is 0 Å². The standard InChI is InChI=1S/C6H13N.C5H11NO2/c1-7-5-3-2-4-6-7;1-5(2,3)6-4(7)8/h2-6H2,1H3;6H,1-3H3,(H,7,8). The molecule has 4 nitrogen and oxygen atoms in total. The van der Waals surface area contributed by atoms with Crippen LogP contribution in [0.25, 0.3) is 0 Å². The summed E-state index contributed by atoms with van der Waals surface area (Å²) in [7, 11) is 2.19. The number of nitrogens with one attached hydrogen (secondary N) is 1. The highest BCUT2D eigenvalue weighted by Gasteiger charge is 2.10. The fourth-order valence-corrected chi connectivity index (χ4v) is 1.37. The van der Waals surface area contributed by atoms with Crippen LogP contribution >= 0.6 is 0 Å². The number of hydrogen-bond donors (Lipinski definition) is 2. The van der Waals surface area contributed by atoms with Crippen LogP contribution in [0.15, 0.2) is 0 Å². The van der Waals surface area contributed by atoms with Crippen LogP contribution in [0.2, 0.25) is 0 Å². The summed E-state index contributed by atoms with van der Waals surface area (Å²) in [5.74, 6) is 0. The quantitative estimate of drug-likeness (QED) is 0.652. The topological polar surface area (TPSA) is 52.6 Å². The average molecular weight is 216 g/mol. The molecule has 0 spiro atoms. The van der Waals surface area contributed by atoms with Gasteiger partial charge in [0.1, 0.15) is 0 Å². The third kappa shape index (κ3) is 11.2. The normalized spacial score (nSPS) is 17.6. The van der Waals surface area contributed by atoms with E-state index in [-0.39, 0.29) is 5.54 Å². The fourth-order valence-electron chi connectivity index (χ4n) is 1.37. The molecule has 1 saturated heterocycles. The van der Waals surface area contributed by atoms with Gasteiger partial charge in [0.2, 0.25) is 0 Å². The van der Waals surface area contributed by atoms with Crippen LogP contribution < -0.4 is 5.32 Å². The predicted molar refractivity (Wildman–Crippen MR) is 62.3 cm³/mol. The molecule has 1 amide bonds. The summed E-state index contributed by atoms with van der Waals surface area (Å²) in [5, 5.41) is 10.4. The smallest absolute Gasteiger partial charge is 0.405 e. The second-order valence-electron chi connectivity index (χ2n) is 5.04. The van der Waals surface area contributed by atoms with Gasteiger partial charge in [-0.25, -0.2) is 4.79 Å². The first-order chi connectivity index (χ1) is 6.81. The molecule has 4 heteroatoms. The van der Waals surface area contributed by atoms with E-state index >= 15 is 0 Å². The summed E-state index contributed by atoms with van der Waals surface area (Å²) in [6.07, 6.45) is 3.30. The minimum atomic E-state index is -0.975. The largest absolute Gasteiger partial charge is 0.465 e. The highest BCUT2D eigenvalue weighted by atomic mass is 16.4. The van der Waals surface area contributed by atoms with Crippen molar-refractivity contribution in [3.05, 3.63) is 0 Å². The fraction of sp³-hybridized carbons (Fsp3) is 0.909. The molecule has 0 bridgehead atoms. The van der Waals surface area contributed by atoms with Crippen LogP contribution in [0, 0.1) is 0 Å². The number of carboxylic acid groups (broad SMARTS) is 1. The van der Waals surface area contributed by atoms with Crippen molar-refractivity contribution in [1.29, 1.82) is 0 Å². The summed E-state index contributed by atoms with van der Waals surface area (Å²) in [6.45, 7) is 8.02. The highest BCUT2D eigenvalue weighted by molar-refractivity contribution is 5.65. The molecule has 90 valence electrons. The van der Waals surface area contributed by atoms with Gasteiger partial charge in [0.05, 0.1) is 0 Å². The Labute approximate surface area is 92.7 Å². The zero-order chi connectivity index (χ0) is 11.9. The second kappa shape index (κ2) is 6.67. The Bertz CT molecular complexity index is 182. The molecule has 0 radical (unpaired) electrons. The van der Waals surface area contributed by atoms with E-state index in [9.17, 15) is 4.79 Å². The lowest BCUT2D eigenvalue weighted by Crippen LogP contribution is -2.39. The maximum absolute atomic E-state index is 9.90. The molecular weight excluding hydrogens is 192 g/mol. The van der Waals surface area contributed by atoms with E-state index in [4.69, 9.17) is 5.11 Å². The van der Waals surface area contributed by atoms with Gasteiger partial charge >= 0.3 is 6.09 Å². The van der Waals surface area contributed by atoms with Gasteiger partial charge < -0.3 is 15.3 Å². The second-order valence-corrected chi connectivity index (χ2v) is 5.04. The Kier molecular flexibility index (Phi) is 6.32. The molecule has 0 aromatic rings. The van der Waals surface area contributed by atoms with Gasteiger partial charge in [-0.2, -0.15) is 0 Å². The van der Waals surface area contributed by atoms with Crippen molar-refractivity contribution in [1.82, 2.24) is 10.2 Å². The van der Waals surface area contributed by atoms with Gasteiger partial charge in [0, 0.05) is 5.54 Å². The van der Waals surface area contributed by atoms with E-state index in [2.05, 4.69) is 17.3 Å². The summed E-state index contributed by atoms with van der Waals surface area (Å²) < 4.78 is 0. The Morgan fingerprint density at radius 1 is 1.20 bits per heavy atom. The average Bonchev–Trinajstić information content (AvgIpc) is 2.01. The number of hydrogen-bond acceptors (Lipinski definition) is 2. The summed E-state index contributed by atoms with van der Waals surface area (Å²) >= 11 is 0. The molecule has 2 N–H and O–H groups in total. The molecular formula is C11H24N2O2. The van der Waals surface area contributed by atoms with Crippen LogP contribution in [-0.2, 0) is 0 Å². The third-order valence-corrected chi connectivity index (χ3v) is 2.06. The number of amides is 1. The van der Waals surface area contributed by atoms with Crippen molar-refractivity contribution in [2.45, 2.75) is 45.6 Å². The third-order valence-electron chi connectivity index (χ3n) is 2.06. The van der Waals surface area contributed by atoms with E-state index in [1.165, 1.54) is 32.4 Å². The van der Waals surface area contributed by atoms with Gasteiger partial charge in [-0.3, -0.25) is 0 Å². The lowest BCUT2D eigenvalue weighted by molar-refractivity contribution is 0.184. The number of rotatable bonds is 0. The van der Waals surface area contributed by atoms with Gasteiger partial charge in [0.15, 0.2) is 0 Å². The number of likely N-dealkylation sites (tertiary alicyclic amines) is 1. The molecule has 0 aromatic heterocycles. The van der Waals surface area contributed by atoms with E-state index in [1.807, 2.05) is 0 Å². The molecule has 1 aliphatic heterocycles. The van der Waals surface area contributed by atoms with Gasteiger partial charge in [-0.15, -0.1) is 0 Å². The van der Waals surface area contributed by atoms with Crippen molar-refractivity contribution < 1.29 is 9.90 Å². The van der Waals surface area contributed by atoms with Crippen LogP contribution in [0.3, 0.4) is 0 Å². The summed E-state index contributed by atoms with van der Waals surface area (Å²) in [4.78, 5) is 12.3. The molecule has 0 aromatic carbocycles. The Balaban J connectivity index is 0.000000262. The van der Waals surface area contributed by atoms with Crippen LogP contribution in [0.5, 0.6) is 0 Å². The molecule has 15 heavy (non-hydrogen) atoms. The summed E-state index contributed by atoms with van der Waals surface area (Å²) in [6, 6.07) is 0. The first kappa shape index (κ1) is 14.2. The van der Waals surface area contributed by atoms with Crippen molar-refractivity contribution in [2.75, 3.05) is 20.1 Å². The molecule has 0 saturated carbocycles. The zero-order valence-electron chi connectivity index (χ0n) is 10.3. The molecule has 1 aliphatic rings. The maximum atomic E-state index is 9.90. The SMILES string of the molecule is CC(C)(C)NC(=O)O.CN1CCCCC1. The van der Waals surface area contributed by atoms with Crippen molar-refractivity contribution >= 4 is 6.09 Å². The van der Waals surface area contributed by atoms with Crippen LogP contribution in [-0.4, -0.2) is 41.8 Å². The molecule has 1 heterocycles. The van der Waals surface area contributed by atoms with Crippen molar-refractivity contribution in [3.63, 3.8) is 0 Å². The Morgan fingerprint density at radius 3 is 1.80 bits per heavy atom. The van der Waals surface area contributed by atoms with E-state index < -0.39 is 6.09 Å². The zero-order valence-corrected chi connectivity index (χ0v) is 10.3. The lowest BCUT2D eigenvalue weighted by Gasteiger charge is -2.20. The van der Waals surface area contributed by atoms with Crippen molar-refractivity contribution in [3.8, 4) is 0 Å². The van der Waals surface area contributed by atoms with E-state index in [1.54, 1.807) is 20.8 Å². The number of piperidine rings is 1. The maximum Gasteiger partial charge on any atom is 0.405 e. The Morgan fingerprint density at radius 2 is 1.67 bits per heavy atom. The predicted octanol–water partition coefficient (Wildman–Crippen LogP) is 2.15. The minimum absolute atomic E-state index is 0.328. The van der Waals surface area contributed by atoms with E-state index in [0.29, 0.717) is 0 Å². The van der Waals surface area contributed by atoms with Crippen molar-refractivity contribution in [2.24, 2.45) is 0 Å². The van der Waals surface area contributed by atoms with Gasteiger partial charge in [-0.1, -0.05) is 6.42 Å². The summed E-state index contributed by atoms with van der Waals surface area (Å²) in [5.41, 5.74) is -0.328. The number of nitrogens with zero attached hydrogens (tertiary/aromatic N) is 1.